The Morgan fingerprint density at radius 1 is 1.22 bits per heavy atom. The van der Waals surface area contributed by atoms with Crippen molar-refractivity contribution in [2.45, 2.75) is 25.3 Å². The Labute approximate surface area is 159 Å². The maximum atomic E-state index is 5.33. The number of rotatable bonds is 5. The van der Waals surface area contributed by atoms with Crippen LogP contribution in [0.25, 0.3) is 11.3 Å². The summed E-state index contributed by atoms with van der Waals surface area (Å²) >= 11 is 0. The van der Waals surface area contributed by atoms with E-state index in [9.17, 15) is 0 Å². The molecule has 0 N–H and O–H groups in total. The van der Waals surface area contributed by atoms with E-state index in [0.29, 0.717) is 5.92 Å². The van der Waals surface area contributed by atoms with Gasteiger partial charge in [0.1, 0.15) is 5.75 Å². The normalized spacial score (nSPS) is 17.8. The molecule has 0 unspecified atom stereocenters. The van der Waals surface area contributed by atoms with Crippen LogP contribution in [0.1, 0.15) is 30.0 Å². The molecule has 0 radical (unpaired) electrons. The standard InChI is InChI=1S/C21H25N5O/c1-25-13-16(10-23-25)14-26-8-4-6-18(15-26)21-12-22-11-20(24-21)17-5-3-7-19(9-17)27-2/h3,5,7,9-13,18H,4,6,8,14-15H2,1-2H3/t18-/m0/s1. The lowest BCUT2D eigenvalue weighted by molar-refractivity contribution is 0.198. The summed E-state index contributed by atoms with van der Waals surface area (Å²) in [5, 5.41) is 4.28. The molecule has 3 heterocycles. The van der Waals surface area contributed by atoms with Gasteiger partial charge in [-0.2, -0.15) is 5.10 Å². The second kappa shape index (κ2) is 7.88. The van der Waals surface area contributed by atoms with Crippen LogP contribution in [0, 0.1) is 0 Å². The van der Waals surface area contributed by atoms with Crippen molar-refractivity contribution in [3.63, 3.8) is 0 Å². The van der Waals surface area contributed by atoms with Gasteiger partial charge in [0.2, 0.25) is 0 Å². The van der Waals surface area contributed by atoms with Crippen LogP contribution < -0.4 is 4.74 Å². The van der Waals surface area contributed by atoms with Crippen LogP contribution in [0.2, 0.25) is 0 Å². The van der Waals surface area contributed by atoms with Gasteiger partial charge < -0.3 is 4.74 Å². The number of likely N-dealkylation sites (tertiary alicyclic amines) is 1. The monoisotopic (exact) mass is 363 g/mol. The molecule has 0 spiro atoms. The van der Waals surface area contributed by atoms with E-state index in [1.54, 1.807) is 7.11 Å². The molecular formula is C21H25N5O. The fourth-order valence-electron chi connectivity index (χ4n) is 3.75. The number of methoxy groups -OCH3 is 1. The molecule has 140 valence electrons. The molecule has 1 aliphatic rings. The summed E-state index contributed by atoms with van der Waals surface area (Å²) in [6.45, 7) is 3.06. The Morgan fingerprint density at radius 2 is 2.15 bits per heavy atom. The summed E-state index contributed by atoms with van der Waals surface area (Å²) in [5.74, 6) is 1.24. The van der Waals surface area contributed by atoms with Gasteiger partial charge in [0, 0.05) is 49.6 Å². The number of benzene rings is 1. The van der Waals surface area contributed by atoms with Gasteiger partial charge in [-0.3, -0.25) is 14.6 Å². The molecule has 1 saturated heterocycles. The van der Waals surface area contributed by atoms with Crippen molar-refractivity contribution in [1.29, 1.82) is 0 Å². The Hall–Kier alpha value is -2.73. The highest BCUT2D eigenvalue weighted by atomic mass is 16.5. The van der Waals surface area contributed by atoms with E-state index in [0.717, 1.165) is 48.8 Å². The predicted octanol–water partition coefficient (Wildman–Crippen LogP) is 3.27. The number of nitrogens with zero attached hydrogens (tertiary/aromatic N) is 5. The van der Waals surface area contributed by atoms with E-state index in [4.69, 9.17) is 9.72 Å². The van der Waals surface area contributed by atoms with Gasteiger partial charge >= 0.3 is 0 Å². The largest absolute Gasteiger partial charge is 0.497 e. The van der Waals surface area contributed by atoms with Crippen LogP contribution in [-0.2, 0) is 13.6 Å². The molecule has 1 atom stereocenters. The molecule has 0 saturated carbocycles. The summed E-state index contributed by atoms with van der Waals surface area (Å²) in [5.41, 5.74) is 4.27. The summed E-state index contributed by atoms with van der Waals surface area (Å²) in [6, 6.07) is 7.98. The molecule has 3 aromatic rings. The number of aromatic nitrogens is 4. The molecule has 6 heteroatoms. The van der Waals surface area contributed by atoms with Crippen molar-refractivity contribution in [2.24, 2.45) is 7.05 Å². The lowest BCUT2D eigenvalue weighted by Crippen LogP contribution is -2.34. The van der Waals surface area contributed by atoms with Crippen molar-refractivity contribution < 1.29 is 4.74 Å². The van der Waals surface area contributed by atoms with Gasteiger partial charge in [0.15, 0.2) is 0 Å². The van der Waals surface area contributed by atoms with Crippen LogP contribution >= 0.6 is 0 Å². The molecule has 1 aromatic carbocycles. The smallest absolute Gasteiger partial charge is 0.119 e. The van der Waals surface area contributed by atoms with Crippen molar-refractivity contribution in [3.05, 3.63) is 60.3 Å². The highest BCUT2D eigenvalue weighted by Gasteiger charge is 2.23. The van der Waals surface area contributed by atoms with Crippen LogP contribution in [0.4, 0.5) is 0 Å². The zero-order chi connectivity index (χ0) is 18.6. The average Bonchev–Trinajstić information content (AvgIpc) is 3.13. The van der Waals surface area contributed by atoms with Crippen LogP contribution in [0.15, 0.2) is 49.1 Å². The molecule has 1 fully saturated rings. The Balaban J connectivity index is 1.50. The van der Waals surface area contributed by atoms with Gasteiger partial charge in [-0.05, 0) is 31.5 Å². The van der Waals surface area contributed by atoms with Crippen molar-refractivity contribution in [3.8, 4) is 17.0 Å². The SMILES string of the molecule is COc1cccc(-c2cncc([C@H]3CCCN(Cc4cnn(C)c4)C3)n2)c1. The second-order valence-corrected chi connectivity index (χ2v) is 7.16. The maximum Gasteiger partial charge on any atom is 0.119 e. The first kappa shape index (κ1) is 17.7. The minimum Gasteiger partial charge on any atom is -0.497 e. The van der Waals surface area contributed by atoms with E-state index in [-0.39, 0.29) is 0 Å². The summed E-state index contributed by atoms with van der Waals surface area (Å²) in [6.07, 6.45) is 10.1. The molecule has 1 aliphatic heterocycles. The molecular weight excluding hydrogens is 338 g/mol. The Bertz CT molecular complexity index is 907. The number of hydrogen-bond donors (Lipinski definition) is 0. The molecule has 6 nitrogen and oxygen atoms in total. The number of aryl methyl sites for hydroxylation is 1. The van der Waals surface area contributed by atoms with Gasteiger partial charge in [-0.15, -0.1) is 0 Å². The first-order chi connectivity index (χ1) is 13.2. The number of piperidine rings is 1. The molecule has 4 rings (SSSR count). The summed E-state index contributed by atoms with van der Waals surface area (Å²) < 4.78 is 7.19. The fraction of sp³-hybridized carbons (Fsp3) is 0.381. The minimum absolute atomic E-state index is 0.411. The van der Waals surface area contributed by atoms with Crippen LogP contribution in [0.3, 0.4) is 0 Å². The third-order valence-electron chi connectivity index (χ3n) is 5.11. The lowest BCUT2D eigenvalue weighted by Gasteiger charge is -2.32. The zero-order valence-electron chi connectivity index (χ0n) is 15.9. The molecule has 0 aliphatic carbocycles. The first-order valence-corrected chi connectivity index (χ1v) is 9.37. The van der Waals surface area contributed by atoms with E-state index >= 15 is 0 Å². The minimum atomic E-state index is 0.411. The first-order valence-electron chi connectivity index (χ1n) is 9.37. The Morgan fingerprint density at radius 3 is 2.96 bits per heavy atom. The quantitative estimate of drug-likeness (QED) is 0.696. The third-order valence-corrected chi connectivity index (χ3v) is 5.11. The molecule has 2 aromatic heterocycles. The van der Waals surface area contributed by atoms with Crippen molar-refractivity contribution in [1.82, 2.24) is 24.6 Å². The van der Waals surface area contributed by atoms with Gasteiger partial charge in [0.05, 0.1) is 30.9 Å². The van der Waals surface area contributed by atoms with Crippen LogP contribution in [-0.4, -0.2) is 44.8 Å². The number of ether oxygens (including phenoxy) is 1. The van der Waals surface area contributed by atoms with Gasteiger partial charge in [-0.25, -0.2) is 4.98 Å². The van der Waals surface area contributed by atoms with E-state index in [1.807, 2.05) is 54.6 Å². The van der Waals surface area contributed by atoms with E-state index in [2.05, 4.69) is 21.2 Å². The lowest BCUT2D eigenvalue weighted by atomic mass is 9.94. The number of hydrogen-bond acceptors (Lipinski definition) is 5. The van der Waals surface area contributed by atoms with Gasteiger partial charge in [-0.1, -0.05) is 12.1 Å². The van der Waals surface area contributed by atoms with E-state index < -0.39 is 0 Å². The molecule has 0 bridgehead atoms. The second-order valence-electron chi connectivity index (χ2n) is 7.16. The highest BCUT2D eigenvalue weighted by molar-refractivity contribution is 5.60. The van der Waals surface area contributed by atoms with Gasteiger partial charge in [0.25, 0.3) is 0 Å². The maximum absolute atomic E-state index is 5.33. The topological polar surface area (TPSA) is 56.1 Å². The highest BCUT2D eigenvalue weighted by Crippen LogP contribution is 2.28. The molecule has 27 heavy (non-hydrogen) atoms. The Kier molecular flexibility index (Phi) is 5.16. The predicted molar refractivity (Wildman–Crippen MR) is 104 cm³/mol. The molecule has 0 amide bonds. The van der Waals surface area contributed by atoms with Crippen molar-refractivity contribution in [2.75, 3.05) is 20.2 Å². The van der Waals surface area contributed by atoms with E-state index in [1.165, 1.54) is 12.0 Å². The fourth-order valence-corrected chi connectivity index (χ4v) is 3.75. The summed E-state index contributed by atoms with van der Waals surface area (Å²) in [4.78, 5) is 11.9. The average molecular weight is 363 g/mol. The summed E-state index contributed by atoms with van der Waals surface area (Å²) in [7, 11) is 3.64. The zero-order valence-corrected chi connectivity index (χ0v) is 15.9. The third kappa shape index (κ3) is 4.17. The van der Waals surface area contributed by atoms with Crippen LogP contribution in [0.5, 0.6) is 5.75 Å². The van der Waals surface area contributed by atoms with Crippen molar-refractivity contribution >= 4 is 0 Å².